The molecule has 0 aliphatic rings. The van der Waals surface area contributed by atoms with Crippen molar-refractivity contribution in [3.05, 3.63) is 0 Å². The summed E-state index contributed by atoms with van der Waals surface area (Å²) < 4.78 is 16.7. The molecule has 308 valence electrons. The zero-order chi connectivity index (χ0) is 38.0. The van der Waals surface area contributed by atoms with Crippen LogP contribution in [0.2, 0.25) is 0 Å². The van der Waals surface area contributed by atoms with Crippen LogP contribution in [0, 0.1) is 0 Å². The topological polar surface area (TPSA) is 78.9 Å². The molecule has 52 heavy (non-hydrogen) atoms. The lowest BCUT2D eigenvalue weighted by molar-refractivity contribution is -0.167. The molecule has 0 fully saturated rings. The molecule has 0 aromatic rings. The molecule has 0 heterocycles. The molecular formula is C46H88O6. The number of carbonyl (C=O) groups excluding carboxylic acids is 3. The molecule has 0 radical (unpaired) electrons. The number of ether oxygens (including phenoxy) is 3. The Morgan fingerprint density at radius 3 is 0.769 bits per heavy atom. The van der Waals surface area contributed by atoms with Gasteiger partial charge in [0, 0.05) is 19.3 Å². The molecule has 0 N–H and O–H groups in total. The third kappa shape index (κ3) is 39.6. The molecule has 0 bridgehead atoms. The van der Waals surface area contributed by atoms with Crippen molar-refractivity contribution in [2.24, 2.45) is 0 Å². The van der Waals surface area contributed by atoms with Crippen LogP contribution in [-0.4, -0.2) is 37.2 Å². The van der Waals surface area contributed by atoms with Crippen molar-refractivity contribution in [1.82, 2.24) is 0 Å². The molecule has 1 atom stereocenters. The Morgan fingerprint density at radius 2 is 0.519 bits per heavy atom. The van der Waals surface area contributed by atoms with Crippen LogP contribution in [-0.2, 0) is 28.6 Å². The average molecular weight is 737 g/mol. The summed E-state index contributed by atoms with van der Waals surface area (Å²) in [5.41, 5.74) is 0. The van der Waals surface area contributed by atoms with Crippen molar-refractivity contribution in [3.8, 4) is 0 Å². The maximum Gasteiger partial charge on any atom is 0.306 e. The van der Waals surface area contributed by atoms with E-state index in [2.05, 4.69) is 20.8 Å². The fourth-order valence-corrected chi connectivity index (χ4v) is 6.85. The van der Waals surface area contributed by atoms with Crippen LogP contribution < -0.4 is 0 Å². The van der Waals surface area contributed by atoms with Crippen molar-refractivity contribution >= 4 is 17.9 Å². The Hall–Kier alpha value is -1.59. The number of esters is 3. The molecule has 0 amide bonds. The molecule has 0 saturated heterocycles. The Kier molecular flexibility index (Phi) is 40.9. The molecule has 0 spiro atoms. The number of carbonyl (C=O) groups is 3. The van der Waals surface area contributed by atoms with Crippen LogP contribution in [0.4, 0.5) is 0 Å². The van der Waals surface area contributed by atoms with Crippen molar-refractivity contribution < 1.29 is 28.6 Å². The van der Waals surface area contributed by atoms with Crippen LogP contribution in [0.15, 0.2) is 0 Å². The van der Waals surface area contributed by atoms with E-state index < -0.39 is 6.10 Å². The normalized spacial score (nSPS) is 11.8. The van der Waals surface area contributed by atoms with E-state index in [1.807, 2.05) is 0 Å². The minimum Gasteiger partial charge on any atom is -0.462 e. The van der Waals surface area contributed by atoms with Gasteiger partial charge >= 0.3 is 17.9 Å². The fraction of sp³-hybridized carbons (Fsp3) is 0.935. The predicted molar refractivity (Wildman–Crippen MR) is 220 cm³/mol. The van der Waals surface area contributed by atoms with Crippen molar-refractivity contribution in [3.63, 3.8) is 0 Å². The second-order valence-electron chi connectivity index (χ2n) is 15.7. The highest BCUT2D eigenvalue weighted by Crippen LogP contribution is 2.16. The van der Waals surface area contributed by atoms with Gasteiger partial charge in [0.15, 0.2) is 6.10 Å². The van der Waals surface area contributed by atoms with Gasteiger partial charge in [0.25, 0.3) is 0 Å². The van der Waals surface area contributed by atoms with Gasteiger partial charge in [0.05, 0.1) is 0 Å². The molecule has 0 rings (SSSR count). The Balaban J connectivity index is 4.22. The lowest BCUT2D eigenvalue weighted by Crippen LogP contribution is -2.30. The van der Waals surface area contributed by atoms with Gasteiger partial charge in [-0.15, -0.1) is 0 Å². The van der Waals surface area contributed by atoms with E-state index in [0.29, 0.717) is 19.3 Å². The predicted octanol–water partition coefficient (Wildman–Crippen LogP) is 14.5. The van der Waals surface area contributed by atoms with Crippen molar-refractivity contribution in [2.75, 3.05) is 13.2 Å². The highest BCUT2D eigenvalue weighted by Gasteiger charge is 2.19. The maximum absolute atomic E-state index is 12.6. The SMILES string of the molecule is CCCCCCCCCCCCCCCCC(=O)OC[C@@H](COC(=O)CCCCCCCCCCCCCCC)OC(=O)CCCCCCCCC. The summed E-state index contributed by atoms with van der Waals surface area (Å²) in [7, 11) is 0. The second kappa shape index (κ2) is 42.2. The summed E-state index contributed by atoms with van der Waals surface area (Å²) >= 11 is 0. The van der Waals surface area contributed by atoms with Gasteiger partial charge in [-0.25, -0.2) is 0 Å². The third-order valence-electron chi connectivity index (χ3n) is 10.4. The van der Waals surface area contributed by atoms with E-state index in [9.17, 15) is 14.4 Å². The number of hydrogen-bond acceptors (Lipinski definition) is 6. The fourth-order valence-electron chi connectivity index (χ4n) is 6.85. The first-order valence-electron chi connectivity index (χ1n) is 23.0. The first kappa shape index (κ1) is 50.4. The Morgan fingerprint density at radius 1 is 0.308 bits per heavy atom. The number of hydrogen-bond donors (Lipinski definition) is 0. The van der Waals surface area contributed by atoms with Gasteiger partial charge in [-0.1, -0.05) is 220 Å². The summed E-state index contributed by atoms with van der Waals surface area (Å²) in [6.07, 6.45) is 42.3. The van der Waals surface area contributed by atoms with E-state index in [1.54, 1.807) is 0 Å². The summed E-state index contributed by atoms with van der Waals surface area (Å²) in [5, 5.41) is 0. The van der Waals surface area contributed by atoms with E-state index in [0.717, 1.165) is 57.8 Å². The zero-order valence-electron chi connectivity index (χ0n) is 35.1. The van der Waals surface area contributed by atoms with E-state index >= 15 is 0 Å². The molecule has 0 aliphatic heterocycles. The monoisotopic (exact) mass is 737 g/mol. The smallest absolute Gasteiger partial charge is 0.306 e. The van der Waals surface area contributed by atoms with Crippen molar-refractivity contribution in [2.45, 2.75) is 264 Å². The number of rotatable bonds is 42. The first-order chi connectivity index (χ1) is 25.5. The summed E-state index contributed by atoms with van der Waals surface area (Å²) in [5.74, 6) is -0.857. The third-order valence-corrected chi connectivity index (χ3v) is 10.4. The molecule has 6 heteroatoms. The molecular weight excluding hydrogens is 649 g/mol. The molecule has 0 unspecified atom stereocenters. The van der Waals surface area contributed by atoms with Gasteiger partial charge in [-0.3, -0.25) is 14.4 Å². The van der Waals surface area contributed by atoms with Crippen LogP contribution in [0.1, 0.15) is 258 Å². The molecule has 0 aromatic carbocycles. The van der Waals surface area contributed by atoms with Gasteiger partial charge in [0.2, 0.25) is 0 Å². The van der Waals surface area contributed by atoms with Gasteiger partial charge in [-0.2, -0.15) is 0 Å². The van der Waals surface area contributed by atoms with Crippen molar-refractivity contribution in [1.29, 1.82) is 0 Å². The average Bonchev–Trinajstić information content (AvgIpc) is 3.14. The lowest BCUT2D eigenvalue weighted by atomic mass is 10.0. The molecule has 0 aliphatic carbocycles. The van der Waals surface area contributed by atoms with Gasteiger partial charge < -0.3 is 14.2 Å². The van der Waals surface area contributed by atoms with E-state index in [4.69, 9.17) is 14.2 Å². The van der Waals surface area contributed by atoms with Crippen LogP contribution in [0.25, 0.3) is 0 Å². The zero-order valence-corrected chi connectivity index (χ0v) is 35.1. The van der Waals surface area contributed by atoms with E-state index in [1.165, 1.54) is 161 Å². The molecule has 0 saturated carbocycles. The quantitative estimate of drug-likeness (QED) is 0.0353. The Labute approximate surface area is 323 Å². The Bertz CT molecular complexity index is 768. The lowest BCUT2D eigenvalue weighted by Gasteiger charge is -2.18. The minimum absolute atomic E-state index is 0.0633. The molecule has 6 nitrogen and oxygen atoms in total. The molecule has 0 aromatic heterocycles. The maximum atomic E-state index is 12.6. The number of unbranched alkanes of at least 4 members (excludes halogenated alkanes) is 31. The van der Waals surface area contributed by atoms with Crippen LogP contribution in [0.5, 0.6) is 0 Å². The second-order valence-corrected chi connectivity index (χ2v) is 15.7. The minimum atomic E-state index is -0.757. The van der Waals surface area contributed by atoms with E-state index in [-0.39, 0.29) is 31.1 Å². The largest absolute Gasteiger partial charge is 0.462 e. The van der Waals surface area contributed by atoms with Crippen LogP contribution >= 0.6 is 0 Å². The van der Waals surface area contributed by atoms with Gasteiger partial charge in [0.1, 0.15) is 13.2 Å². The van der Waals surface area contributed by atoms with Gasteiger partial charge in [-0.05, 0) is 19.3 Å². The summed E-state index contributed by atoms with van der Waals surface area (Å²) in [6, 6.07) is 0. The highest BCUT2D eigenvalue weighted by atomic mass is 16.6. The standard InChI is InChI=1S/C46H88O6/c1-4-7-10-13-16-18-20-22-24-26-28-31-33-36-39-45(48)51-42-43(52-46(49)40-37-34-29-15-12-9-6-3)41-50-44(47)38-35-32-30-27-25-23-21-19-17-14-11-8-5-2/h43H,4-42H2,1-3H3/t43-/m1/s1. The van der Waals surface area contributed by atoms with Crippen LogP contribution in [0.3, 0.4) is 0 Å². The first-order valence-corrected chi connectivity index (χ1v) is 23.0. The highest BCUT2D eigenvalue weighted by molar-refractivity contribution is 5.71. The summed E-state index contributed by atoms with van der Waals surface area (Å²) in [4.78, 5) is 37.6. The summed E-state index contributed by atoms with van der Waals surface area (Å²) in [6.45, 7) is 6.61.